The summed E-state index contributed by atoms with van der Waals surface area (Å²) in [6.07, 6.45) is 5.52. The smallest absolute Gasteiger partial charge is 0.261 e. The summed E-state index contributed by atoms with van der Waals surface area (Å²) in [4.78, 5) is 24.9. The molecule has 2 N–H and O–H groups in total. The van der Waals surface area contributed by atoms with Crippen LogP contribution in [0.5, 0.6) is 0 Å². The van der Waals surface area contributed by atoms with E-state index in [9.17, 15) is 4.79 Å². The summed E-state index contributed by atoms with van der Waals surface area (Å²) in [6.45, 7) is 5.01. The molecule has 6 nitrogen and oxygen atoms in total. The number of carbonyl (C=O) groups excluding carboxylic acids is 1. The highest BCUT2D eigenvalue weighted by atomic mass is 32.1. The maximum absolute atomic E-state index is 12.7. The molecule has 1 aliphatic rings. The SMILES string of the molecule is Cc1cnc(NC(=O)c2cccnc2NC2CCN(Cc3ccccc3)CC2)s1. The number of nitrogens with zero attached hydrogens (tertiary/aromatic N) is 3. The third-order valence-corrected chi connectivity index (χ3v) is 5.90. The van der Waals surface area contributed by atoms with Crippen molar-refractivity contribution in [1.82, 2.24) is 14.9 Å². The minimum atomic E-state index is -0.184. The van der Waals surface area contributed by atoms with Crippen LogP contribution in [0.25, 0.3) is 0 Å². The Morgan fingerprint density at radius 1 is 1.14 bits per heavy atom. The number of carbonyl (C=O) groups is 1. The van der Waals surface area contributed by atoms with Crippen LogP contribution in [0.15, 0.2) is 54.9 Å². The number of likely N-dealkylation sites (tertiary alicyclic amines) is 1. The molecule has 3 aromatic rings. The predicted molar refractivity (Wildman–Crippen MR) is 117 cm³/mol. The molecule has 0 spiro atoms. The molecule has 0 saturated carbocycles. The summed E-state index contributed by atoms with van der Waals surface area (Å²) in [5.41, 5.74) is 1.90. The molecular weight excluding hydrogens is 382 g/mol. The van der Waals surface area contributed by atoms with Crippen molar-refractivity contribution < 1.29 is 4.79 Å². The van der Waals surface area contributed by atoms with Crippen molar-refractivity contribution in [2.24, 2.45) is 0 Å². The number of hydrogen-bond donors (Lipinski definition) is 2. The van der Waals surface area contributed by atoms with Gasteiger partial charge in [0.05, 0.1) is 5.56 Å². The Morgan fingerprint density at radius 3 is 2.66 bits per heavy atom. The van der Waals surface area contributed by atoms with Crippen molar-refractivity contribution in [1.29, 1.82) is 0 Å². The third kappa shape index (κ3) is 5.19. The normalized spacial score (nSPS) is 15.2. The number of nitrogens with one attached hydrogen (secondary N) is 2. The topological polar surface area (TPSA) is 70.1 Å². The first-order valence-corrected chi connectivity index (χ1v) is 10.7. The standard InChI is InChI=1S/C22H25N5OS/c1-16-14-24-22(29-16)26-21(28)19-8-5-11-23-20(19)25-18-9-12-27(13-10-18)15-17-6-3-2-4-7-17/h2-8,11,14,18H,9-10,12-13,15H2,1H3,(H,23,25)(H,24,26,28). The lowest BCUT2D eigenvalue weighted by atomic mass is 10.0. The zero-order chi connectivity index (χ0) is 20.1. The molecule has 0 radical (unpaired) electrons. The molecule has 150 valence electrons. The van der Waals surface area contributed by atoms with Gasteiger partial charge in [-0.25, -0.2) is 9.97 Å². The van der Waals surface area contributed by atoms with Gasteiger partial charge in [0.15, 0.2) is 5.13 Å². The van der Waals surface area contributed by atoms with Crippen LogP contribution in [0.3, 0.4) is 0 Å². The quantitative estimate of drug-likeness (QED) is 0.642. The minimum absolute atomic E-state index is 0.184. The Hall–Kier alpha value is -2.77. The molecule has 3 heterocycles. The zero-order valence-electron chi connectivity index (χ0n) is 16.5. The highest BCUT2D eigenvalue weighted by Gasteiger charge is 2.22. The largest absolute Gasteiger partial charge is 0.367 e. The van der Waals surface area contributed by atoms with E-state index < -0.39 is 0 Å². The van der Waals surface area contributed by atoms with Gasteiger partial charge >= 0.3 is 0 Å². The molecule has 7 heteroatoms. The Morgan fingerprint density at radius 2 is 1.93 bits per heavy atom. The third-order valence-electron chi connectivity index (χ3n) is 5.07. The number of rotatable bonds is 6. The lowest BCUT2D eigenvalue weighted by Crippen LogP contribution is -2.39. The molecule has 0 bridgehead atoms. The van der Waals surface area contributed by atoms with E-state index >= 15 is 0 Å². The van der Waals surface area contributed by atoms with E-state index in [0.717, 1.165) is 37.4 Å². The van der Waals surface area contributed by atoms with E-state index in [-0.39, 0.29) is 5.91 Å². The molecule has 2 aromatic heterocycles. The van der Waals surface area contributed by atoms with Crippen LogP contribution >= 0.6 is 11.3 Å². The van der Waals surface area contributed by atoms with Crippen molar-refractivity contribution in [2.75, 3.05) is 23.7 Å². The second kappa shape index (κ2) is 9.15. The number of amides is 1. The van der Waals surface area contributed by atoms with Crippen LogP contribution < -0.4 is 10.6 Å². The Kier molecular flexibility index (Phi) is 6.17. The maximum atomic E-state index is 12.7. The van der Waals surface area contributed by atoms with E-state index in [4.69, 9.17) is 0 Å². The van der Waals surface area contributed by atoms with Gasteiger partial charge in [-0.05, 0) is 37.5 Å². The van der Waals surface area contributed by atoms with Crippen LogP contribution in [0, 0.1) is 6.92 Å². The van der Waals surface area contributed by atoms with Gasteiger partial charge in [0, 0.05) is 42.9 Å². The van der Waals surface area contributed by atoms with Gasteiger partial charge in [0.2, 0.25) is 0 Å². The molecule has 0 atom stereocenters. The fraction of sp³-hybridized carbons (Fsp3) is 0.318. The van der Waals surface area contributed by atoms with E-state index in [2.05, 4.69) is 55.8 Å². The van der Waals surface area contributed by atoms with Gasteiger partial charge < -0.3 is 5.32 Å². The molecular formula is C22H25N5OS. The first-order chi connectivity index (χ1) is 14.2. The van der Waals surface area contributed by atoms with Crippen LogP contribution in [0.2, 0.25) is 0 Å². The van der Waals surface area contributed by atoms with Crippen molar-refractivity contribution in [3.05, 3.63) is 70.9 Å². The summed E-state index contributed by atoms with van der Waals surface area (Å²) in [6, 6.07) is 14.5. The number of aryl methyl sites for hydroxylation is 1. The molecule has 1 saturated heterocycles. The average molecular weight is 408 g/mol. The zero-order valence-corrected chi connectivity index (χ0v) is 17.3. The van der Waals surface area contributed by atoms with E-state index in [1.807, 2.05) is 6.92 Å². The van der Waals surface area contributed by atoms with Gasteiger partial charge in [0.25, 0.3) is 5.91 Å². The van der Waals surface area contributed by atoms with Gasteiger partial charge in [-0.2, -0.15) is 0 Å². The Bertz CT molecular complexity index is 951. The molecule has 0 unspecified atom stereocenters. The number of pyridine rings is 1. The van der Waals surface area contributed by atoms with Crippen LogP contribution in [-0.2, 0) is 6.54 Å². The summed E-state index contributed by atoms with van der Waals surface area (Å²) in [5.74, 6) is 0.455. The van der Waals surface area contributed by atoms with Gasteiger partial charge in [-0.15, -0.1) is 11.3 Å². The van der Waals surface area contributed by atoms with E-state index in [1.165, 1.54) is 16.9 Å². The molecule has 29 heavy (non-hydrogen) atoms. The van der Waals surface area contributed by atoms with E-state index in [0.29, 0.717) is 22.6 Å². The first kappa shape index (κ1) is 19.5. The monoisotopic (exact) mass is 407 g/mol. The highest BCUT2D eigenvalue weighted by molar-refractivity contribution is 7.15. The van der Waals surface area contributed by atoms with Crippen molar-refractivity contribution >= 4 is 28.2 Å². The molecule has 1 amide bonds. The van der Waals surface area contributed by atoms with Crippen LogP contribution in [0.4, 0.5) is 10.9 Å². The molecule has 1 aliphatic heterocycles. The van der Waals surface area contributed by atoms with Gasteiger partial charge in [-0.1, -0.05) is 30.3 Å². The molecule has 0 aliphatic carbocycles. The molecule has 1 fully saturated rings. The Labute approximate surface area is 175 Å². The average Bonchev–Trinajstić information content (AvgIpc) is 3.15. The lowest BCUT2D eigenvalue weighted by Gasteiger charge is -2.32. The maximum Gasteiger partial charge on any atom is 0.261 e. The van der Waals surface area contributed by atoms with Crippen LogP contribution in [-0.4, -0.2) is 39.9 Å². The second-order valence-corrected chi connectivity index (χ2v) is 8.54. The minimum Gasteiger partial charge on any atom is -0.367 e. The van der Waals surface area contributed by atoms with Crippen molar-refractivity contribution in [3.8, 4) is 0 Å². The number of benzene rings is 1. The van der Waals surface area contributed by atoms with E-state index in [1.54, 1.807) is 24.5 Å². The summed E-state index contributed by atoms with van der Waals surface area (Å²) in [5, 5.41) is 6.97. The number of piperidine rings is 1. The fourth-order valence-corrected chi connectivity index (χ4v) is 4.21. The van der Waals surface area contributed by atoms with Crippen molar-refractivity contribution in [3.63, 3.8) is 0 Å². The lowest BCUT2D eigenvalue weighted by molar-refractivity contribution is 0.102. The number of hydrogen-bond acceptors (Lipinski definition) is 6. The first-order valence-electron chi connectivity index (χ1n) is 9.89. The van der Waals surface area contributed by atoms with Gasteiger partial charge in [-0.3, -0.25) is 15.0 Å². The van der Waals surface area contributed by atoms with Crippen molar-refractivity contribution in [2.45, 2.75) is 32.4 Å². The molecule has 1 aromatic carbocycles. The Balaban J connectivity index is 1.35. The number of thiazole rings is 1. The second-order valence-electron chi connectivity index (χ2n) is 7.31. The summed E-state index contributed by atoms with van der Waals surface area (Å²) in [7, 11) is 0. The predicted octanol–water partition coefficient (Wildman–Crippen LogP) is 4.18. The fourth-order valence-electron chi connectivity index (χ4n) is 3.55. The summed E-state index contributed by atoms with van der Waals surface area (Å²) >= 11 is 1.46. The van der Waals surface area contributed by atoms with Crippen LogP contribution in [0.1, 0.15) is 33.6 Å². The summed E-state index contributed by atoms with van der Waals surface area (Å²) < 4.78 is 0. The number of aromatic nitrogens is 2. The highest BCUT2D eigenvalue weighted by Crippen LogP contribution is 2.22. The van der Waals surface area contributed by atoms with Gasteiger partial charge in [0.1, 0.15) is 5.82 Å². The molecule has 4 rings (SSSR count). The number of anilines is 2.